The van der Waals surface area contributed by atoms with E-state index >= 15 is 0 Å². The van der Waals surface area contributed by atoms with Gasteiger partial charge in [0.25, 0.3) is 5.69 Å². The summed E-state index contributed by atoms with van der Waals surface area (Å²) in [5.41, 5.74) is 0.781. The lowest BCUT2D eigenvalue weighted by Gasteiger charge is -2.30. The number of nitro benzene ring substituents is 1. The molecule has 1 atom stereocenters. The van der Waals surface area contributed by atoms with Crippen LogP contribution in [0.1, 0.15) is 25.3 Å². The molecule has 2 aromatic carbocycles. The number of methoxy groups -OCH3 is 2. The maximum absolute atomic E-state index is 13.0. The molecule has 0 aromatic heterocycles. The molecule has 2 aromatic rings. The molecule has 168 valence electrons. The molecule has 0 amide bonds. The molecule has 1 saturated heterocycles. The van der Waals surface area contributed by atoms with Gasteiger partial charge in [-0.05, 0) is 48.6 Å². The van der Waals surface area contributed by atoms with E-state index in [0.717, 1.165) is 24.5 Å². The Hall–Kier alpha value is -2.85. The van der Waals surface area contributed by atoms with Crippen molar-refractivity contribution in [2.75, 3.05) is 32.6 Å². The van der Waals surface area contributed by atoms with Crippen LogP contribution in [0.3, 0.4) is 0 Å². The molecule has 3 rings (SSSR count). The quantitative estimate of drug-likeness (QED) is 0.484. The highest BCUT2D eigenvalue weighted by Gasteiger charge is 2.30. The van der Waals surface area contributed by atoms with E-state index in [9.17, 15) is 18.5 Å². The first-order valence-corrected chi connectivity index (χ1v) is 11.4. The molecule has 1 aliphatic heterocycles. The molecule has 0 bridgehead atoms. The van der Waals surface area contributed by atoms with Crippen LogP contribution in [0.4, 0.5) is 11.4 Å². The highest BCUT2D eigenvalue weighted by Crippen LogP contribution is 2.32. The normalized spacial score (nSPS) is 17.2. The van der Waals surface area contributed by atoms with Crippen LogP contribution < -0.4 is 14.8 Å². The van der Waals surface area contributed by atoms with Crippen LogP contribution >= 0.6 is 0 Å². The number of ether oxygens (including phenoxy) is 2. The Morgan fingerprint density at radius 2 is 1.90 bits per heavy atom. The van der Waals surface area contributed by atoms with Gasteiger partial charge in [0.15, 0.2) is 11.5 Å². The first kappa shape index (κ1) is 22.8. The fourth-order valence-corrected chi connectivity index (χ4v) is 5.29. The maximum atomic E-state index is 13.0. The van der Waals surface area contributed by atoms with Gasteiger partial charge in [0.05, 0.1) is 24.0 Å². The topological polar surface area (TPSA) is 111 Å². The smallest absolute Gasteiger partial charge is 0.293 e. The van der Waals surface area contributed by atoms with Gasteiger partial charge in [-0.1, -0.05) is 13.0 Å². The lowest BCUT2D eigenvalue weighted by atomic mass is 10.0. The Balaban J connectivity index is 1.83. The zero-order chi connectivity index (χ0) is 22.6. The molecular formula is C21H27N3O6S. The number of sulfonamides is 1. The standard InChI is InChI=1S/C21H27N3O6S/c1-15-5-4-10-23(14-15)31(27,28)17-7-8-18(19(12-17)24(25)26)22-13-16-6-9-20(29-2)21(11-16)30-3/h6-9,11-12,15,22H,4-5,10,13-14H2,1-3H3. The van der Waals surface area contributed by atoms with Crippen LogP contribution in [0.25, 0.3) is 0 Å². The molecule has 0 radical (unpaired) electrons. The second-order valence-electron chi connectivity index (χ2n) is 7.59. The molecule has 1 N–H and O–H groups in total. The van der Waals surface area contributed by atoms with Crippen molar-refractivity contribution >= 4 is 21.4 Å². The number of hydrogen-bond acceptors (Lipinski definition) is 7. The van der Waals surface area contributed by atoms with Gasteiger partial charge in [0.2, 0.25) is 10.0 Å². The summed E-state index contributed by atoms with van der Waals surface area (Å²) in [7, 11) is -0.710. The molecule has 1 unspecified atom stereocenters. The lowest BCUT2D eigenvalue weighted by molar-refractivity contribution is -0.384. The SMILES string of the molecule is COc1ccc(CNc2ccc(S(=O)(=O)N3CCCC(C)C3)cc2[N+](=O)[O-])cc1OC. The second kappa shape index (κ2) is 9.52. The Kier molecular flexibility index (Phi) is 7.01. The van der Waals surface area contributed by atoms with Gasteiger partial charge < -0.3 is 14.8 Å². The molecule has 1 heterocycles. The lowest BCUT2D eigenvalue weighted by Crippen LogP contribution is -2.39. The summed E-state index contributed by atoms with van der Waals surface area (Å²) in [6, 6.07) is 9.33. The molecule has 0 saturated carbocycles. The zero-order valence-electron chi connectivity index (χ0n) is 17.8. The van der Waals surface area contributed by atoms with E-state index in [0.29, 0.717) is 24.6 Å². The van der Waals surface area contributed by atoms with E-state index in [1.807, 2.05) is 13.0 Å². The van der Waals surface area contributed by atoms with E-state index < -0.39 is 14.9 Å². The van der Waals surface area contributed by atoms with Gasteiger partial charge in [-0.15, -0.1) is 0 Å². The first-order chi connectivity index (χ1) is 14.8. The van der Waals surface area contributed by atoms with E-state index in [-0.39, 0.29) is 28.7 Å². The first-order valence-electron chi connectivity index (χ1n) is 9.99. The molecule has 0 spiro atoms. The summed E-state index contributed by atoms with van der Waals surface area (Å²) in [6.45, 7) is 3.15. The Morgan fingerprint density at radius 3 is 2.55 bits per heavy atom. The van der Waals surface area contributed by atoms with Gasteiger partial charge in [-0.2, -0.15) is 4.31 Å². The summed E-state index contributed by atoms with van der Waals surface area (Å²) >= 11 is 0. The van der Waals surface area contributed by atoms with E-state index in [1.54, 1.807) is 19.2 Å². The number of piperidine rings is 1. The molecule has 10 heteroatoms. The second-order valence-corrected chi connectivity index (χ2v) is 9.53. The van der Waals surface area contributed by atoms with Crippen molar-refractivity contribution in [1.82, 2.24) is 4.31 Å². The molecule has 1 fully saturated rings. The monoisotopic (exact) mass is 449 g/mol. The number of hydrogen-bond donors (Lipinski definition) is 1. The summed E-state index contributed by atoms with van der Waals surface area (Å²) in [5.74, 6) is 1.40. The summed E-state index contributed by atoms with van der Waals surface area (Å²) in [4.78, 5) is 11.0. The zero-order valence-corrected chi connectivity index (χ0v) is 18.6. The predicted molar refractivity (Wildman–Crippen MR) is 117 cm³/mol. The van der Waals surface area contributed by atoms with Crippen molar-refractivity contribution in [3.8, 4) is 11.5 Å². The van der Waals surface area contributed by atoms with Crippen molar-refractivity contribution < 1.29 is 22.8 Å². The van der Waals surface area contributed by atoms with E-state index in [1.165, 1.54) is 23.5 Å². The summed E-state index contributed by atoms with van der Waals surface area (Å²) in [6.07, 6.45) is 1.76. The summed E-state index contributed by atoms with van der Waals surface area (Å²) < 4.78 is 37.9. The number of benzene rings is 2. The average Bonchev–Trinajstić information content (AvgIpc) is 2.77. The summed E-state index contributed by atoms with van der Waals surface area (Å²) in [5, 5.41) is 14.7. The van der Waals surface area contributed by atoms with Crippen LogP contribution in [0, 0.1) is 16.0 Å². The van der Waals surface area contributed by atoms with Crippen LogP contribution in [0.15, 0.2) is 41.3 Å². The van der Waals surface area contributed by atoms with Gasteiger partial charge in [0.1, 0.15) is 5.69 Å². The number of nitrogens with zero attached hydrogens (tertiary/aromatic N) is 2. The third-order valence-electron chi connectivity index (χ3n) is 5.35. The van der Waals surface area contributed by atoms with Crippen molar-refractivity contribution in [1.29, 1.82) is 0 Å². The fourth-order valence-electron chi connectivity index (χ4n) is 3.67. The number of rotatable bonds is 8. The van der Waals surface area contributed by atoms with Crippen LogP contribution in [0.2, 0.25) is 0 Å². The van der Waals surface area contributed by atoms with Crippen LogP contribution in [-0.4, -0.2) is 45.0 Å². The molecule has 31 heavy (non-hydrogen) atoms. The Morgan fingerprint density at radius 1 is 1.16 bits per heavy atom. The van der Waals surface area contributed by atoms with Crippen molar-refractivity contribution in [2.24, 2.45) is 5.92 Å². The van der Waals surface area contributed by atoms with Gasteiger partial charge >= 0.3 is 0 Å². The van der Waals surface area contributed by atoms with Crippen LogP contribution in [-0.2, 0) is 16.6 Å². The van der Waals surface area contributed by atoms with Gasteiger partial charge in [-0.3, -0.25) is 10.1 Å². The number of nitrogens with one attached hydrogen (secondary N) is 1. The minimum Gasteiger partial charge on any atom is -0.493 e. The maximum Gasteiger partial charge on any atom is 0.293 e. The number of nitro groups is 1. The highest BCUT2D eigenvalue weighted by atomic mass is 32.2. The number of anilines is 1. The molecule has 9 nitrogen and oxygen atoms in total. The molecule has 1 aliphatic rings. The Labute approximate surface area is 182 Å². The van der Waals surface area contributed by atoms with E-state index in [4.69, 9.17) is 9.47 Å². The van der Waals surface area contributed by atoms with Gasteiger partial charge in [0, 0.05) is 25.7 Å². The minimum atomic E-state index is -3.78. The average molecular weight is 450 g/mol. The Bertz CT molecular complexity index is 1060. The van der Waals surface area contributed by atoms with Crippen LogP contribution in [0.5, 0.6) is 11.5 Å². The minimum absolute atomic E-state index is 0.0648. The van der Waals surface area contributed by atoms with E-state index in [2.05, 4.69) is 5.32 Å². The third-order valence-corrected chi connectivity index (χ3v) is 7.22. The predicted octanol–water partition coefficient (Wildman–Crippen LogP) is 3.64. The van der Waals surface area contributed by atoms with Crippen molar-refractivity contribution in [3.05, 3.63) is 52.1 Å². The van der Waals surface area contributed by atoms with Gasteiger partial charge in [-0.25, -0.2) is 8.42 Å². The van der Waals surface area contributed by atoms with Crippen molar-refractivity contribution in [3.63, 3.8) is 0 Å². The largest absolute Gasteiger partial charge is 0.493 e. The third kappa shape index (κ3) is 5.08. The highest BCUT2D eigenvalue weighted by molar-refractivity contribution is 7.89. The fraction of sp³-hybridized carbons (Fsp3) is 0.429. The van der Waals surface area contributed by atoms with Crippen molar-refractivity contribution in [2.45, 2.75) is 31.2 Å². The molecule has 0 aliphatic carbocycles. The molecular weight excluding hydrogens is 422 g/mol.